The first-order valence-electron chi connectivity index (χ1n) is 8.10. The molecular weight excluding hydrogens is 354 g/mol. The average molecular weight is 377 g/mol. The van der Waals surface area contributed by atoms with Crippen LogP contribution in [-0.4, -0.2) is 36.3 Å². The molecular formula is C17H23N5O3S. The number of unbranched alkanes of at least 4 members (excludes halogenated alkanes) is 1. The van der Waals surface area contributed by atoms with Crippen LogP contribution in [0, 0.1) is 10.2 Å². The van der Waals surface area contributed by atoms with E-state index < -0.39 is 0 Å². The van der Waals surface area contributed by atoms with Crippen molar-refractivity contribution < 1.29 is 9.47 Å². The van der Waals surface area contributed by atoms with Crippen LogP contribution in [-0.2, 0) is 6.54 Å². The Kier molecular flexibility index (Phi) is 6.79. The van der Waals surface area contributed by atoms with E-state index in [0.29, 0.717) is 35.1 Å². The van der Waals surface area contributed by atoms with Crippen LogP contribution in [0.25, 0.3) is 11.3 Å². The van der Waals surface area contributed by atoms with Crippen molar-refractivity contribution in [3.8, 4) is 22.8 Å². The van der Waals surface area contributed by atoms with E-state index in [-0.39, 0.29) is 11.5 Å². The summed E-state index contributed by atoms with van der Waals surface area (Å²) >= 11 is 5.35. The number of guanidine groups is 1. The summed E-state index contributed by atoms with van der Waals surface area (Å²) < 4.78 is 12.9. The number of aromatic nitrogens is 2. The minimum atomic E-state index is -0.266. The van der Waals surface area contributed by atoms with Gasteiger partial charge in [0.2, 0.25) is 0 Å². The highest BCUT2D eigenvalue weighted by molar-refractivity contribution is 7.71. The predicted octanol–water partition coefficient (Wildman–Crippen LogP) is 1.85. The fourth-order valence-electron chi connectivity index (χ4n) is 2.59. The van der Waals surface area contributed by atoms with Gasteiger partial charge in [0.15, 0.2) is 10.7 Å². The van der Waals surface area contributed by atoms with E-state index in [4.69, 9.17) is 32.8 Å². The maximum absolute atomic E-state index is 12.0. The Labute approximate surface area is 156 Å². The highest BCUT2D eigenvalue weighted by Gasteiger charge is 2.13. The zero-order chi connectivity index (χ0) is 19.1. The summed E-state index contributed by atoms with van der Waals surface area (Å²) in [6.07, 6.45) is 1.60. The SMILES string of the molecule is COc1ccc(-c2cc(=O)[nH]c(=S)n2CCCCNC(=N)N)c(OC)c1. The highest BCUT2D eigenvalue weighted by atomic mass is 32.1. The lowest BCUT2D eigenvalue weighted by atomic mass is 10.1. The number of hydrogen-bond donors (Lipinski definition) is 4. The molecule has 0 atom stereocenters. The Balaban J connectivity index is 2.35. The summed E-state index contributed by atoms with van der Waals surface area (Å²) in [5.74, 6) is 1.21. The Bertz CT molecular complexity index is 891. The molecule has 2 rings (SSSR count). The Morgan fingerprint density at radius 1 is 1.31 bits per heavy atom. The molecule has 0 aliphatic carbocycles. The average Bonchev–Trinajstić information content (AvgIpc) is 2.61. The monoisotopic (exact) mass is 377 g/mol. The van der Waals surface area contributed by atoms with Crippen LogP contribution in [0.2, 0.25) is 0 Å². The van der Waals surface area contributed by atoms with E-state index >= 15 is 0 Å². The van der Waals surface area contributed by atoms with Gasteiger partial charge in [0.25, 0.3) is 5.56 Å². The van der Waals surface area contributed by atoms with Crippen LogP contribution >= 0.6 is 12.2 Å². The van der Waals surface area contributed by atoms with Crippen molar-refractivity contribution in [1.82, 2.24) is 14.9 Å². The largest absolute Gasteiger partial charge is 0.497 e. The number of H-pyrrole nitrogens is 1. The lowest BCUT2D eigenvalue weighted by Crippen LogP contribution is -2.31. The lowest BCUT2D eigenvalue weighted by molar-refractivity contribution is 0.395. The lowest BCUT2D eigenvalue weighted by Gasteiger charge is -2.16. The molecule has 9 heteroatoms. The van der Waals surface area contributed by atoms with Crippen molar-refractivity contribution in [3.05, 3.63) is 39.4 Å². The Hall–Kier alpha value is -2.81. The third-order valence-corrected chi connectivity index (χ3v) is 4.16. The number of benzene rings is 1. The summed E-state index contributed by atoms with van der Waals surface area (Å²) in [6, 6.07) is 6.92. The van der Waals surface area contributed by atoms with E-state index in [0.717, 1.165) is 18.4 Å². The summed E-state index contributed by atoms with van der Waals surface area (Å²) in [7, 11) is 3.15. The molecule has 0 unspecified atom stereocenters. The molecule has 2 aromatic rings. The van der Waals surface area contributed by atoms with Crippen LogP contribution in [0.3, 0.4) is 0 Å². The van der Waals surface area contributed by atoms with Crippen LogP contribution in [0.5, 0.6) is 11.5 Å². The quantitative estimate of drug-likeness (QED) is 0.241. The van der Waals surface area contributed by atoms with Gasteiger partial charge in [0.05, 0.1) is 19.9 Å². The highest BCUT2D eigenvalue weighted by Crippen LogP contribution is 2.32. The molecule has 1 aromatic carbocycles. The van der Waals surface area contributed by atoms with Crippen LogP contribution < -0.4 is 26.1 Å². The Morgan fingerprint density at radius 2 is 2.08 bits per heavy atom. The number of methoxy groups -OCH3 is 2. The van der Waals surface area contributed by atoms with Crippen molar-refractivity contribution in [2.24, 2.45) is 5.73 Å². The molecule has 8 nitrogen and oxygen atoms in total. The molecule has 0 radical (unpaired) electrons. The molecule has 0 aliphatic rings. The number of ether oxygens (including phenoxy) is 2. The van der Waals surface area contributed by atoms with Gasteiger partial charge in [0, 0.05) is 30.8 Å². The van der Waals surface area contributed by atoms with E-state index in [1.165, 1.54) is 6.07 Å². The topological polar surface area (TPSA) is 118 Å². The summed E-state index contributed by atoms with van der Waals surface area (Å²) in [4.78, 5) is 14.6. The molecule has 0 aliphatic heterocycles. The second-order valence-corrected chi connectivity index (χ2v) is 5.98. The van der Waals surface area contributed by atoms with Gasteiger partial charge in [-0.25, -0.2) is 0 Å². The number of rotatable bonds is 8. The van der Waals surface area contributed by atoms with Gasteiger partial charge in [-0.05, 0) is 37.2 Å². The minimum absolute atomic E-state index is 0.0469. The normalized spacial score (nSPS) is 10.4. The van der Waals surface area contributed by atoms with Crippen LogP contribution in [0.4, 0.5) is 0 Å². The standard InChI is InChI=1S/C17H23N5O3S/c1-24-11-5-6-12(14(9-11)25-2)13-10-15(23)21-17(26)22(13)8-4-3-7-20-16(18)19/h5-6,9-10H,3-4,7-8H2,1-2H3,(H4,18,19,20)(H,21,23,26). The summed E-state index contributed by atoms with van der Waals surface area (Å²) in [6.45, 7) is 1.22. The zero-order valence-electron chi connectivity index (χ0n) is 14.8. The first kappa shape index (κ1) is 19.5. The van der Waals surface area contributed by atoms with Crippen molar-refractivity contribution in [2.45, 2.75) is 19.4 Å². The minimum Gasteiger partial charge on any atom is -0.497 e. The zero-order valence-corrected chi connectivity index (χ0v) is 15.6. The van der Waals surface area contributed by atoms with Crippen LogP contribution in [0.15, 0.2) is 29.1 Å². The fourth-order valence-corrected chi connectivity index (χ4v) is 2.88. The third kappa shape index (κ3) is 4.85. The number of hydrogen-bond acceptors (Lipinski definition) is 5. The number of nitrogens with one attached hydrogen (secondary N) is 3. The van der Waals surface area contributed by atoms with Gasteiger partial charge in [-0.15, -0.1) is 0 Å². The summed E-state index contributed by atoms with van der Waals surface area (Å²) in [5, 5.41) is 9.92. The van der Waals surface area contributed by atoms with Gasteiger partial charge < -0.3 is 25.1 Å². The van der Waals surface area contributed by atoms with E-state index in [9.17, 15) is 4.79 Å². The second kappa shape index (κ2) is 9.04. The molecule has 5 N–H and O–H groups in total. The van der Waals surface area contributed by atoms with Crippen LogP contribution in [0.1, 0.15) is 12.8 Å². The van der Waals surface area contributed by atoms with Gasteiger partial charge in [-0.1, -0.05) is 0 Å². The maximum atomic E-state index is 12.0. The number of aromatic amines is 1. The molecule has 0 spiro atoms. The summed E-state index contributed by atoms with van der Waals surface area (Å²) in [5.41, 5.74) is 6.44. The second-order valence-electron chi connectivity index (χ2n) is 5.59. The van der Waals surface area contributed by atoms with Gasteiger partial charge in [-0.2, -0.15) is 0 Å². The van der Waals surface area contributed by atoms with Gasteiger partial charge >= 0.3 is 0 Å². The van der Waals surface area contributed by atoms with Crippen molar-refractivity contribution in [3.63, 3.8) is 0 Å². The van der Waals surface area contributed by atoms with Crippen molar-refractivity contribution in [2.75, 3.05) is 20.8 Å². The smallest absolute Gasteiger partial charge is 0.252 e. The molecule has 1 aromatic heterocycles. The van der Waals surface area contributed by atoms with Crippen molar-refractivity contribution >= 4 is 18.2 Å². The number of nitrogens with two attached hydrogens (primary N) is 1. The van der Waals surface area contributed by atoms with E-state index in [1.54, 1.807) is 20.3 Å². The van der Waals surface area contributed by atoms with Gasteiger partial charge in [0.1, 0.15) is 11.5 Å². The van der Waals surface area contributed by atoms with Gasteiger partial charge in [-0.3, -0.25) is 15.2 Å². The molecule has 0 saturated heterocycles. The number of nitrogens with zero attached hydrogens (tertiary/aromatic N) is 1. The Morgan fingerprint density at radius 3 is 2.73 bits per heavy atom. The fraction of sp³-hybridized carbons (Fsp3) is 0.353. The van der Waals surface area contributed by atoms with Crippen molar-refractivity contribution in [1.29, 1.82) is 5.41 Å². The van der Waals surface area contributed by atoms with E-state index in [2.05, 4.69) is 10.3 Å². The molecule has 0 saturated carbocycles. The first-order valence-corrected chi connectivity index (χ1v) is 8.51. The molecule has 0 fully saturated rings. The molecule has 1 heterocycles. The molecule has 140 valence electrons. The molecule has 26 heavy (non-hydrogen) atoms. The molecule has 0 amide bonds. The maximum Gasteiger partial charge on any atom is 0.252 e. The molecule has 0 bridgehead atoms. The predicted molar refractivity (Wildman–Crippen MR) is 104 cm³/mol. The third-order valence-electron chi connectivity index (χ3n) is 3.84. The van der Waals surface area contributed by atoms with E-state index in [1.807, 2.05) is 16.7 Å². The first-order chi connectivity index (χ1) is 12.5.